The van der Waals surface area contributed by atoms with Crippen LogP contribution in [0.2, 0.25) is 0 Å². The van der Waals surface area contributed by atoms with Crippen LogP contribution >= 0.6 is 0 Å². The first-order chi connectivity index (χ1) is 17.0. The van der Waals surface area contributed by atoms with Crippen LogP contribution in [-0.4, -0.2) is 34.5 Å². The van der Waals surface area contributed by atoms with Crippen LogP contribution in [-0.2, 0) is 9.59 Å². The van der Waals surface area contributed by atoms with Gasteiger partial charge in [0.1, 0.15) is 5.78 Å². The average Bonchev–Trinajstić information content (AvgIpc) is 2.82. The first-order valence-corrected chi connectivity index (χ1v) is 14.3. The number of aliphatic hydroxyl groups excluding tert-OH is 2. The number of ketones is 2. The molecule has 5 rings (SSSR count). The van der Waals surface area contributed by atoms with Crippen LogP contribution in [0.4, 0.5) is 0 Å². The number of carbonyl (C=O) groups is 2. The summed E-state index contributed by atoms with van der Waals surface area (Å²) in [6.07, 6.45) is 7.49. The molecule has 0 amide bonds. The normalized spacial score (nSPS) is 46.0. The van der Waals surface area contributed by atoms with Gasteiger partial charge < -0.3 is 15.0 Å². The van der Waals surface area contributed by atoms with E-state index in [4.69, 9.17) is 6.57 Å². The highest BCUT2D eigenvalue weighted by Gasteiger charge is 2.73. The number of carbonyl (C=O) groups excluding carboxylic acids is 2. The van der Waals surface area contributed by atoms with Gasteiger partial charge in [-0.15, -0.1) is 0 Å². The number of fused-ring (bicyclic) bond motifs is 7. The van der Waals surface area contributed by atoms with Crippen molar-refractivity contribution in [3.8, 4) is 0 Å². The molecule has 0 aromatic heterocycles. The van der Waals surface area contributed by atoms with E-state index in [2.05, 4.69) is 39.5 Å². The SMILES string of the molecule is [C-]#[N+]C1=C[C@]2(C)[C@H]3CC(=O)[C]4[C]5CC(C)(C)CC[C@]5(C(O)CO)CC[C@@]4(C)[C@]3(C)CC[C@H]2C(C)(C)C1=O. The lowest BCUT2D eigenvalue weighted by Gasteiger charge is -2.72. The van der Waals surface area contributed by atoms with Crippen molar-refractivity contribution < 1.29 is 19.8 Å². The van der Waals surface area contributed by atoms with E-state index in [0.29, 0.717) is 6.42 Å². The minimum Gasteiger partial charge on any atom is -0.394 e. The number of allylic oxidation sites excluding steroid dienone is 2. The number of nitrogens with zero attached hydrogens (tertiary/aromatic N) is 1. The summed E-state index contributed by atoms with van der Waals surface area (Å²) in [6, 6.07) is 0. The fraction of sp³-hybridized carbons (Fsp3) is 0.781. The number of hydrogen-bond donors (Lipinski definition) is 2. The van der Waals surface area contributed by atoms with E-state index in [0.717, 1.165) is 56.8 Å². The van der Waals surface area contributed by atoms with Crippen molar-refractivity contribution in [2.75, 3.05) is 6.61 Å². The van der Waals surface area contributed by atoms with E-state index in [9.17, 15) is 19.8 Å². The van der Waals surface area contributed by atoms with E-state index in [1.165, 1.54) is 0 Å². The monoisotopic (exact) mass is 507 g/mol. The maximum absolute atomic E-state index is 14.4. The predicted octanol–water partition coefficient (Wildman–Crippen LogP) is 5.91. The molecule has 0 bridgehead atoms. The molecule has 5 aliphatic carbocycles. The summed E-state index contributed by atoms with van der Waals surface area (Å²) in [5.41, 5.74) is -1.81. The van der Waals surface area contributed by atoms with Gasteiger partial charge in [0.05, 0.1) is 25.2 Å². The molecule has 202 valence electrons. The second-order valence-corrected chi connectivity index (χ2v) is 15.1. The highest BCUT2D eigenvalue weighted by atomic mass is 16.3. The molecule has 5 heteroatoms. The van der Waals surface area contributed by atoms with Gasteiger partial charge in [-0.05, 0) is 78.4 Å². The van der Waals surface area contributed by atoms with Gasteiger partial charge in [0.15, 0.2) is 5.78 Å². The molecule has 0 saturated heterocycles. The molecule has 5 nitrogen and oxygen atoms in total. The Bertz CT molecular complexity index is 1100. The Morgan fingerprint density at radius 2 is 1.65 bits per heavy atom. The zero-order valence-corrected chi connectivity index (χ0v) is 23.8. The predicted molar refractivity (Wildman–Crippen MR) is 143 cm³/mol. The summed E-state index contributed by atoms with van der Waals surface area (Å²) in [4.78, 5) is 31.3. The maximum atomic E-state index is 14.4. The zero-order valence-electron chi connectivity index (χ0n) is 23.8. The first kappa shape index (κ1) is 27.1. The summed E-state index contributed by atoms with van der Waals surface area (Å²) in [6.45, 7) is 22.8. The summed E-state index contributed by atoms with van der Waals surface area (Å²) < 4.78 is 0. The van der Waals surface area contributed by atoms with Crippen LogP contribution in [0.5, 0.6) is 0 Å². The molecule has 0 aromatic carbocycles. The quantitative estimate of drug-likeness (QED) is 0.456. The number of hydrogen-bond acceptors (Lipinski definition) is 4. The van der Waals surface area contributed by atoms with Crippen molar-refractivity contribution in [1.82, 2.24) is 0 Å². The molecule has 0 heterocycles. The number of aliphatic hydroxyl groups is 2. The third-order valence-corrected chi connectivity index (χ3v) is 12.6. The minimum atomic E-state index is -0.850. The standard InChI is InChI=1S/C32H45NO4/c1-27(2)11-13-32(24(36)18-34)14-12-31(7)25(19(32)16-27)21(35)15-23-29(5)17-20(33-8)26(37)28(3,4)22(29)9-10-30(23,31)6/h17,22-24,34,36H,9-16,18H2,1-7H3/t22-,23+,24?,29-,30+,31+,32-/m0/s1. The van der Waals surface area contributed by atoms with E-state index in [-0.39, 0.29) is 52.0 Å². The topological polar surface area (TPSA) is 79.0 Å². The first-order valence-electron chi connectivity index (χ1n) is 14.3. The minimum absolute atomic E-state index is 0.0385. The lowest BCUT2D eigenvalue weighted by Crippen LogP contribution is -2.68. The van der Waals surface area contributed by atoms with Crippen molar-refractivity contribution in [1.29, 1.82) is 0 Å². The van der Waals surface area contributed by atoms with Crippen LogP contribution in [0.1, 0.15) is 99.8 Å². The summed E-state index contributed by atoms with van der Waals surface area (Å²) in [5.74, 6) is 2.31. The number of Topliss-reactive ketones (excluding diaryl/α,β-unsaturated/α-hetero) is 2. The number of rotatable bonds is 2. The van der Waals surface area contributed by atoms with E-state index >= 15 is 0 Å². The Labute approximate surface area is 223 Å². The lowest BCUT2D eigenvalue weighted by atomic mass is 9.31. The molecule has 4 fully saturated rings. The molecule has 0 aromatic rings. The molecule has 37 heavy (non-hydrogen) atoms. The fourth-order valence-electron chi connectivity index (χ4n) is 10.3. The largest absolute Gasteiger partial charge is 0.394 e. The smallest absolute Gasteiger partial charge is 0.226 e. The summed E-state index contributed by atoms with van der Waals surface area (Å²) in [5, 5.41) is 21.2. The lowest BCUT2D eigenvalue weighted by molar-refractivity contribution is -0.179. The fourth-order valence-corrected chi connectivity index (χ4v) is 10.3. The Kier molecular flexibility index (Phi) is 5.86. The van der Waals surface area contributed by atoms with Gasteiger partial charge in [0, 0.05) is 23.2 Å². The van der Waals surface area contributed by atoms with Crippen LogP contribution in [0.3, 0.4) is 0 Å². The summed E-state index contributed by atoms with van der Waals surface area (Å²) in [7, 11) is 0. The second-order valence-electron chi connectivity index (χ2n) is 15.1. The van der Waals surface area contributed by atoms with Gasteiger partial charge in [-0.25, -0.2) is 4.85 Å². The van der Waals surface area contributed by atoms with E-state index in [1.54, 1.807) is 0 Å². The molecular formula is C32H45NO4. The Hall–Kier alpha value is -1.51. The van der Waals surface area contributed by atoms with Crippen molar-refractivity contribution in [2.45, 2.75) is 106 Å². The molecular weight excluding hydrogens is 462 g/mol. The Balaban J connectivity index is 1.64. The molecule has 0 aliphatic heterocycles. The Morgan fingerprint density at radius 1 is 1.00 bits per heavy atom. The molecule has 4 saturated carbocycles. The van der Waals surface area contributed by atoms with Crippen molar-refractivity contribution >= 4 is 11.6 Å². The zero-order chi connectivity index (χ0) is 27.4. The van der Waals surface area contributed by atoms with Gasteiger partial charge in [-0.3, -0.25) is 4.79 Å². The molecule has 7 atom stereocenters. The molecule has 0 spiro atoms. The second kappa shape index (κ2) is 8.01. The van der Waals surface area contributed by atoms with Crippen LogP contribution in [0.15, 0.2) is 11.8 Å². The molecule has 2 N–H and O–H groups in total. The Morgan fingerprint density at radius 3 is 2.27 bits per heavy atom. The van der Waals surface area contributed by atoms with Crippen molar-refractivity contribution in [3.05, 3.63) is 35.0 Å². The maximum Gasteiger partial charge on any atom is 0.226 e. The van der Waals surface area contributed by atoms with Crippen LogP contribution < -0.4 is 0 Å². The highest BCUT2D eigenvalue weighted by molar-refractivity contribution is 6.03. The van der Waals surface area contributed by atoms with Crippen molar-refractivity contribution in [2.24, 2.45) is 44.3 Å². The average molecular weight is 508 g/mol. The van der Waals surface area contributed by atoms with Gasteiger partial charge in [0.2, 0.25) is 5.70 Å². The molecule has 1 unspecified atom stereocenters. The van der Waals surface area contributed by atoms with Crippen molar-refractivity contribution in [3.63, 3.8) is 0 Å². The highest BCUT2D eigenvalue weighted by Crippen LogP contribution is 2.77. The van der Waals surface area contributed by atoms with Gasteiger partial charge in [0.25, 0.3) is 0 Å². The van der Waals surface area contributed by atoms with Gasteiger partial charge in [-0.2, -0.15) is 0 Å². The van der Waals surface area contributed by atoms with Crippen LogP contribution in [0, 0.1) is 62.7 Å². The molecule has 5 aliphatic rings. The molecule has 2 radical (unpaired) electrons. The van der Waals surface area contributed by atoms with Crippen LogP contribution in [0.25, 0.3) is 4.85 Å². The van der Waals surface area contributed by atoms with Gasteiger partial charge >= 0.3 is 0 Å². The third-order valence-electron chi connectivity index (χ3n) is 12.6. The third kappa shape index (κ3) is 3.27. The van der Waals surface area contributed by atoms with Gasteiger partial charge in [-0.1, -0.05) is 54.5 Å². The van der Waals surface area contributed by atoms with E-state index < -0.39 is 22.3 Å². The van der Waals surface area contributed by atoms with E-state index in [1.807, 2.05) is 19.9 Å². The summed E-state index contributed by atoms with van der Waals surface area (Å²) >= 11 is 0.